The number of hydrogen-bond acceptors (Lipinski definition) is 5. The summed E-state index contributed by atoms with van der Waals surface area (Å²) in [6.45, 7) is 3.96. The normalized spacial score (nSPS) is 12.3. The van der Waals surface area contributed by atoms with E-state index < -0.39 is 0 Å². The van der Waals surface area contributed by atoms with E-state index in [-0.39, 0.29) is 6.04 Å². The van der Waals surface area contributed by atoms with Crippen LogP contribution >= 0.6 is 11.3 Å². The molecular weight excluding hydrogens is 260 g/mol. The van der Waals surface area contributed by atoms with E-state index in [0.29, 0.717) is 11.5 Å². The lowest BCUT2D eigenvalue weighted by Crippen LogP contribution is -2.03. The Labute approximate surface area is 117 Å². The molecule has 102 valence electrons. The smallest absolute Gasteiger partial charge is 0.161 e. The third kappa shape index (κ3) is 2.72. The summed E-state index contributed by atoms with van der Waals surface area (Å²) in [5, 5.41) is 0.950. The van der Waals surface area contributed by atoms with Gasteiger partial charge in [-0.25, -0.2) is 4.98 Å². The summed E-state index contributed by atoms with van der Waals surface area (Å²) in [6.07, 6.45) is 0. The molecule has 0 aliphatic heterocycles. The minimum absolute atomic E-state index is 0.00592. The van der Waals surface area contributed by atoms with Gasteiger partial charge in [0.15, 0.2) is 11.5 Å². The molecule has 4 nitrogen and oxygen atoms in total. The molecule has 2 rings (SSSR count). The van der Waals surface area contributed by atoms with Crippen LogP contribution in [0.5, 0.6) is 11.5 Å². The Morgan fingerprint density at radius 2 is 1.89 bits per heavy atom. The van der Waals surface area contributed by atoms with Gasteiger partial charge in [0, 0.05) is 16.5 Å². The summed E-state index contributed by atoms with van der Waals surface area (Å²) >= 11 is 1.62. The Hall–Kier alpha value is -1.59. The van der Waals surface area contributed by atoms with Gasteiger partial charge in [0.1, 0.15) is 5.01 Å². The number of aromatic nitrogens is 1. The van der Waals surface area contributed by atoms with Crippen LogP contribution in [0.15, 0.2) is 18.2 Å². The molecule has 1 atom stereocenters. The molecule has 0 spiro atoms. The van der Waals surface area contributed by atoms with Crippen molar-refractivity contribution in [2.24, 2.45) is 5.73 Å². The first-order valence-corrected chi connectivity index (χ1v) is 6.83. The second kappa shape index (κ2) is 5.59. The number of benzene rings is 1. The lowest BCUT2D eigenvalue weighted by molar-refractivity contribution is 0.355. The molecule has 1 aromatic carbocycles. The molecule has 2 N–H and O–H groups in total. The van der Waals surface area contributed by atoms with Gasteiger partial charge in [-0.1, -0.05) is 0 Å². The summed E-state index contributed by atoms with van der Waals surface area (Å²) in [5.74, 6) is 1.42. The first kappa shape index (κ1) is 13.8. The van der Waals surface area contributed by atoms with Crippen LogP contribution < -0.4 is 15.2 Å². The molecule has 0 aliphatic carbocycles. The lowest BCUT2D eigenvalue weighted by Gasteiger charge is -2.08. The van der Waals surface area contributed by atoms with E-state index in [1.54, 1.807) is 25.6 Å². The fourth-order valence-electron chi connectivity index (χ4n) is 1.92. The summed E-state index contributed by atoms with van der Waals surface area (Å²) in [6, 6.07) is 5.80. The molecule has 5 heteroatoms. The van der Waals surface area contributed by atoms with E-state index in [2.05, 4.69) is 4.98 Å². The number of hydrogen-bond donors (Lipinski definition) is 1. The second-order valence-electron chi connectivity index (χ2n) is 4.33. The zero-order chi connectivity index (χ0) is 14.0. The summed E-state index contributed by atoms with van der Waals surface area (Å²) in [4.78, 5) is 5.69. The van der Waals surface area contributed by atoms with E-state index in [0.717, 1.165) is 21.1 Å². The number of ether oxygens (including phenoxy) is 2. The Morgan fingerprint density at radius 1 is 1.21 bits per heavy atom. The molecule has 19 heavy (non-hydrogen) atoms. The van der Waals surface area contributed by atoms with Gasteiger partial charge in [-0.3, -0.25) is 0 Å². The highest BCUT2D eigenvalue weighted by atomic mass is 32.1. The van der Waals surface area contributed by atoms with Crippen LogP contribution in [-0.2, 0) is 0 Å². The van der Waals surface area contributed by atoms with E-state index in [4.69, 9.17) is 15.2 Å². The molecule has 0 amide bonds. The molecular formula is C14H18N2O2S. The van der Waals surface area contributed by atoms with E-state index in [1.807, 2.05) is 32.0 Å². The molecule has 1 unspecified atom stereocenters. The van der Waals surface area contributed by atoms with Crippen LogP contribution in [0.1, 0.15) is 23.5 Å². The maximum Gasteiger partial charge on any atom is 0.161 e. The van der Waals surface area contributed by atoms with Crippen LogP contribution in [0.2, 0.25) is 0 Å². The monoisotopic (exact) mass is 278 g/mol. The molecule has 0 bridgehead atoms. The van der Waals surface area contributed by atoms with Crippen LogP contribution in [0.4, 0.5) is 0 Å². The van der Waals surface area contributed by atoms with Gasteiger partial charge in [-0.2, -0.15) is 0 Å². The molecule has 1 heterocycles. The Kier molecular flexibility index (Phi) is 4.07. The Morgan fingerprint density at radius 3 is 2.42 bits per heavy atom. The zero-order valence-electron chi connectivity index (χ0n) is 11.6. The highest BCUT2D eigenvalue weighted by Crippen LogP contribution is 2.36. The molecule has 0 saturated carbocycles. The van der Waals surface area contributed by atoms with E-state index >= 15 is 0 Å². The van der Waals surface area contributed by atoms with E-state index in [1.165, 1.54) is 0 Å². The molecule has 0 saturated heterocycles. The predicted octanol–water partition coefficient (Wildman–Crippen LogP) is 3.16. The summed E-state index contributed by atoms with van der Waals surface area (Å²) < 4.78 is 10.5. The van der Waals surface area contributed by atoms with Crippen LogP contribution in [0.25, 0.3) is 10.6 Å². The van der Waals surface area contributed by atoms with Crippen molar-refractivity contribution in [1.82, 2.24) is 4.98 Å². The SMILES string of the molecule is COc1ccc(-c2nc(C)c(C(C)N)s2)cc1OC. The van der Waals surface area contributed by atoms with Gasteiger partial charge in [0.25, 0.3) is 0 Å². The third-order valence-electron chi connectivity index (χ3n) is 2.88. The van der Waals surface area contributed by atoms with Crippen LogP contribution in [0.3, 0.4) is 0 Å². The van der Waals surface area contributed by atoms with Crippen LogP contribution in [-0.4, -0.2) is 19.2 Å². The minimum atomic E-state index is 0.00592. The number of aryl methyl sites for hydroxylation is 1. The highest BCUT2D eigenvalue weighted by molar-refractivity contribution is 7.15. The number of methoxy groups -OCH3 is 2. The largest absolute Gasteiger partial charge is 0.493 e. The van der Waals surface area contributed by atoms with E-state index in [9.17, 15) is 0 Å². The molecule has 2 aromatic rings. The quantitative estimate of drug-likeness (QED) is 0.933. The van der Waals surface area contributed by atoms with Gasteiger partial charge in [0.2, 0.25) is 0 Å². The molecule has 0 fully saturated rings. The highest BCUT2D eigenvalue weighted by Gasteiger charge is 2.14. The van der Waals surface area contributed by atoms with Gasteiger partial charge < -0.3 is 15.2 Å². The first-order chi connectivity index (χ1) is 9.06. The van der Waals surface area contributed by atoms with Crippen molar-refractivity contribution >= 4 is 11.3 Å². The average Bonchev–Trinajstić information content (AvgIpc) is 2.80. The topological polar surface area (TPSA) is 57.4 Å². The predicted molar refractivity (Wildman–Crippen MR) is 78.0 cm³/mol. The first-order valence-electron chi connectivity index (χ1n) is 6.02. The Bertz CT molecular complexity index is 579. The number of rotatable bonds is 4. The van der Waals surface area contributed by atoms with Crippen molar-refractivity contribution in [3.05, 3.63) is 28.8 Å². The molecule has 0 aliphatic rings. The van der Waals surface area contributed by atoms with Crippen molar-refractivity contribution in [3.8, 4) is 22.1 Å². The fraction of sp³-hybridized carbons (Fsp3) is 0.357. The third-order valence-corrected chi connectivity index (χ3v) is 4.28. The maximum absolute atomic E-state index is 5.93. The van der Waals surface area contributed by atoms with Gasteiger partial charge >= 0.3 is 0 Å². The fourth-order valence-corrected chi connectivity index (χ4v) is 2.94. The minimum Gasteiger partial charge on any atom is -0.493 e. The maximum atomic E-state index is 5.93. The van der Waals surface area contributed by atoms with Gasteiger partial charge in [-0.15, -0.1) is 11.3 Å². The van der Waals surface area contributed by atoms with Crippen molar-refractivity contribution < 1.29 is 9.47 Å². The summed E-state index contributed by atoms with van der Waals surface area (Å²) in [7, 11) is 3.25. The number of nitrogens with two attached hydrogens (primary N) is 1. The van der Waals surface area contributed by atoms with Crippen molar-refractivity contribution in [1.29, 1.82) is 0 Å². The van der Waals surface area contributed by atoms with Crippen molar-refractivity contribution in [3.63, 3.8) is 0 Å². The zero-order valence-corrected chi connectivity index (χ0v) is 12.4. The lowest BCUT2D eigenvalue weighted by atomic mass is 10.2. The Balaban J connectivity index is 2.44. The number of nitrogens with zero attached hydrogens (tertiary/aromatic N) is 1. The number of thiazole rings is 1. The molecule has 0 radical (unpaired) electrons. The van der Waals surface area contributed by atoms with Crippen LogP contribution in [0, 0.1) is 6.92 Å². The molecule has 1 aromatic heterocycles. The average molecular weight is 278 g/mol. The van der Waals surface area contributed by atoms with Gasteiger partial charge in [-0.05, 0) is 32.0 Å². The standard InChI is InChI=1S/C14H18N2O2S/c1-8(15)13-9(2)16-14(19-13)10-5-6-11(17-3)12(7-10)18-4/h5-8H,15H2,1-4H3. The van der Waals surface area contributed by atoms with Gasteiger partial charge in [0.05, 0.1) is 19.9 Å². The second-order valence-corrected chi connectivity index (χ2v) is 5.36. The van der Waals surface area contributed by atoms with Crippen molar-refractivity contribution in [2.45, 2.75) is 19.9 Å². The summed E-state index contributed by atoms with van der Waals surface area (Å²) in [5.41, 5.74) is 7.94. The van der Waals surface area contributed by atoms with Crippen molar-refractivity contribution in [2.75, 3.05) is 14.2 Å².